The number of aromatic nitrogens is 2. The van der Waals surface area contributed by atoms with E-state index in [0.29, 0.717) is 11.3 Å². The number of rotatable bonds is 4. The van der Waals surface area contributed by atoms with Crippen LogP contribution in [0.1, 0.15) is 50.3 Å². The molecule has 5 heteroatoms. The minimum Gasteiger partial charge on any atom is -0.416 e. The molecule has 17 heavy (non-hydrogen) atoms. The topological polar surface area (TPSA) is 38.9 Å². The van der Waals surface area contributed by atoms with Crippen molar-refractivity contribution in [3.63, 3.8) is 0 Å². The molecule has 1 aromatic rings. The van der Waals surface area contributed by atoms with E-state index in [-0.39, 0.29) is 0 Å². The van der Waals surface area contributed by atoms with Gasteiger partial charge in [-0.05, 0) is 44.4 Å². The van der Waals surface area contributed by atoms with E-state index < -0.39 is 0 Å². The zero-order valence-corrected chi connectivity index (χ0v) is 11.3. The van der Waals surface area contributed by atoms with Crippen molar-refractivity contribution in [2.24, 2.45) is 5.92 Å². The molecule has 0 aliphatic heterocycles. The van der Waals surface area contributed by atoms with Crippen LogP contribution in [0.4, 0.5) is 0 Å². The molecule has 1 aromatic heterocycles. The third-order valence-corrected chi connectivity index (χ3v) is 5.05. The first-order valence-electron chi connectivity index (χ1n) is 6.41. The summed E-state index contributed by atoms with van der Waals surface area (Å²) in [4.78, 5) is 0. The Hall–Kier alpha value is -0.220. The van der Waals surface area contributed by atoms with E-state index in [4.69, 9.17) is 16.0 Å². The van der Waals surface area contributed by atoms with E-state index >= 15 is 0 Å². The smallest absolute Gasteiger partial charge is 0.276 e. The van der Waals surface area contributed by atoms with Crippen LogP contribution < -0.4 is 0 Å². The van der Waals surface area contributed by atoms with Gasteiger partial charge in [0.15, 0.2) is 0 Å². The van der Waals surface area contributed by atoms with Crippen molar-refractivity contribution in [3.05, 3.63) is 5.89 Å². The zero-order chi connectivity index (χ0) is 11.7. The minimum absolute atomic E-state index is 0.345. The average molecular weight is 273 g/mol. The van der Waals surface area contributed by atoms with E-state index in [1.54, 1.807) is 11.8 Å². The number of hydrogen-bond acceptors (Lipinski definition) is 4. The summed E-state index contributed by atoms with van der Waals surface area (Å²) >= 11 is 7.81. The molecule has 2 aliphatic carbocycles. The van der Waals surface area contributed by atoms with Crippen molar-refractivity contribution in [2.45, 2.75) is 55.0 Å². The molecule has 2 fully saturated rings. The lowest BCUT2D eigenvalue weighted by Crippen LogP contribution is -2.13. The predicted molar refractivity (Wildman–Crippen MR) is 68.6 cm³/mol. The second kappa shape index (κ2) is 5.19. The molecule has 0 unspecified atom stereocenters. The molecule has 1 heterocycles. The maximum Gasteiger partial charge on any atom is 0.276 e. The summed E-state index contributed by atoms with van der Waals surface area (Å²) in [6.07, 6.45) is 7.05. The first-order valence-corrected chi connectivity index (χ1v) is 7.83. The molecule has 0 N–H and O–H groups in total. The summed E-state index contributed by atoms with van der Waals surface area (Å²) in [5.41, 5.74) is 0. The molecule has 0 bridgehead atoms. The van der Waals surface area contributed by atoms with Gasteiger partial charge in [0.2, 0.25) is 5.89 Å². The standard InChI is InChI=1S/C12H17ClN2OS/c13-10-5-3-9(4-6-10)11-14-15-12(16-11)17-7-8-1-2-8/h8-10H,1-7H2. The van der Waals surface area contributed by atoms with Crippen molar-refractivity contribution in [1.29, 1.82) is 0 Å². The van der Waals surface area contributed by atoms with Crippen LogP contribution in [0.25, 0.3) is 0 Å². The highest BCUT2D eigenvalue weighted by Crippen LogP contribution is 2.37. The van der Waals surface area contributed by atoms with Crippen molar-refractivity contribution in [1.82, 2.24) is 10.2 Å². The third-order valence-electron chi connectivity index (χ3n) is 3.57. The highest BCUT2D eigenvalue weighted by Gasteiger charge is 2.26. The van der Waals surface area contributed by atoms with Gasteiger partial charge in [-0.3, -0.25) is 0 Å². The number of nitrogens with zero attached hydrogens (tertiary/aromatic N) is 2. The summed E-state index contributed by atoms with van der Waals surface area (Å²) in [5.74, 6) is 3.29. The van der Waals surface area contributed by atoms with Gasteiger partial charge in [0, 0.05) is 17.0 Å². The summed E-state index contributed by atoms with van der Waals surface area (Å²) in [7, 11) is 0. The molecule has 94 valence electrons. The van der Waals surface area contributed by atoms with Crippen molar-refractivity contribution >= 4 is 23.4 Å². The van der Waals surface area contributed by atoms with Crippen LogP contribution in [0.15, 0.2) is 9.64 Å². The molecule has 2 aliphatic rings. The molecule has 3 rings (SSSR count). The molecule has 0 saturated heterocycles. The highest BCUT2D eigenvalue weighted by molar-refractivity contribution is 7.99. The van der Waals surface area contributed by atoms with Crippen LogP contribution in [-0.4, -0.2) is 21.3 Å². The van der Waals surface area contributed by atoms with Gasteiger partial charge in [-0.15, -0.1) is 21.8 Å². The number of thioether (sulfide) groups is 1. The lowest BCUT2D eigenvalue weighted by Gasteiger charge is -2.21. The fourth-order valence-corrected chi connectivity index (χ4v) is 3.42. The van der Waals surface area contributed by atoms with Gasteiger partial charge in [-0.1, -0.05) is 11.8 Å². The SMILES string of the molecule is ClC1CCC(c2nnc(SCC3CC3)o2)CC1. The van der Waals surface area contributed by atoms with Crippen molar-refractivity contribution in [3.8, 4) is 0 Å². The molecule has 0 spiro atoms. The largest absolute Gasteiger partial charge is 0.416 e. The Morgan fingerprint density at radius 1 is 1.12 bits per heavy atom. The number of halogens is 1. The molecule has 0 atom stereocenters. The first kappa shape index (κ1) is 11.8. The quantitative estimate of drug-likeness (QED) is 0.617. The Kier molecular flexibility index (Phi) is 3.61. The van der Waals surface area contributed by atoms with Crippen molar-refractivity contribution in [2.75, 3.05) is 5.75 Å². The van der Waals surface area contributed by atoms with Crippen molar-refractivity contribution < 1.29 is 4.42 Å². The normalized spacial score (nSPS) is 29.5. The van der Waals surface area contributed by atoms with Crippen LogP contribution >= 0.6 is 23.4 Å². The van der Waals surface area contributed by atoms with E-state index in [9.17, 15) is 0 Å². The molecular formula is C12H17ClN2OS. The van der Waals surface area contributed by atoms with Crippen LogP contribution in [-0.2, 0) is 0 Å². The maximum atomic E-state index is 6.10. The molecule has 3 nitrogen and oxygen atoms in total. The van der Waals surface area contributed by atoms with Crippen LogP contribution in [0, 0.1) is 5.92 Å². The van der Waals surface area contributed by atoms with Crippen LogP contribution in [0.5, 0.6) is 0 Å². The summed E-state index contributed by atoms with van der Waals surface area (Å²) in [6, 6.07) is 0. The van der Waals surface area contributed by atoms with E-state index in [2.05, 4.69) is 10.2 Å². The predicted octanol–water partition coefficient (Wildman–Crippen LogP) is 3.84. The molecular weight excluding hydrogens is 256 g/mol. The molecule has 0 radical (unpaired) electrons. The second-order valence-corrected chi connectivity index (χ2v) is 6.70. The Bertz CT molecular complexity index is 372. The van der Waals surface area contributed by atoms with Gasteiger partial charge >= 0.3 is 0 Å². The third kappa shape index (κ3) is 3.16. The zero-order valence-electron chi connectivity index (χ0n) is 9.77. The minimum atomic E-state index is 0.345. The van der Waals surface area contributed by atoms with E-state index in [1.807, 2.05) is 0 Å². The number of alkyl halides is 1. The molecule has 0 amide bonds. The van der Waals surface area contributed by atoms with Gasteiger partial charge in [0.1, 0.15) is 0 Å². The number of hydrogen-bond donors (Lipinski definition) is 0. The summed E-state index contributed by atoms with van der Waals surface area (Å²) in [5, 5.41) is 9.40. The van der Waals surface area contributed by atoms with Gasteiger partial charge < -0.3 is 4.42 Å². The lowest BCUT2D eigenvalue weighted by atomic mass is 9.89. The fraction of sp³-hybridized carbons (Fsp3) is 0.833. The molecule has 0 aromatic carbocycles. The summed E-state index contributed by atoms with van der Waals surface area (Å²) in [6.45, 7) is 0. The van der Waals surface area contributed by atoms with Gasteiger partial charge in [-0.25, -0.2) is 0 Å². The van der Waals surface area contributed by atoms with E-state index in [0.717, 1.165) is 48.5 Å². The summed E-state index contributed by atoms with van der Waals surface area (Å²) < 4.78 is 5.73. The second-order valence-electron chi connectivity index (χ2n) is 5.11. The Balaban J connectivity index is 1.55. The molecule has 2 saturated carbocycles. The average Bonchev–Trinajstić information content (AvgIpc) is 3.06. The van der Waals surface area contributed by atoms with Gasteiger partial charge in [-0.2, -0.15) is 0 Å². The Morgan fingerprint density at radius 2 is 1.88 bits per heavy atom. The monoisotopic (exact) mass is 272 g/mol. The van der Waals surface area contributed by atoms with Gasteiger partial charge in [0.25, 0.3) is 5.22 Å². The maximum absolute atomic E-state index is 6.10. The van der Waals surface area contributed by atoms with Crippen LogP contribution in [0.2, 0.25) is 0 Å². The van der Waals surface area contributed by atoms with E-state index in [1.165, 1.54) is 12.8 Å². The lowest BCUT2D eigenvalue weighted by molar-refractivity contribution is 0.336. The van der Waals surface area contributed by atoms with Gasteiger partial charge in [0.05, 0.1) is 0 Å². The first-order chi connectivity index (χ1) is 8.31. The highest BCUT2D eigenvalue weighted by atomic mass is 35.5. The Morgan fingerprint density at radius 3 is 2.59 bits per heavy atom. The fourth-order valence-electron chi connectivity index (χ4n) is 2.22. The van der Waals surface area contributed by atoms with Crippen LogP contribution in [0.3, 0.4) is 0 Å². The Labute approximate surface area is 111 Å².